The van der Waals surface area contributed by atoms with Gasteiger partial charge in [0, 0.05) is 5.56 Å². The molecule has 0 heterocycles. The van der Waals surface area contributed by atoms with Gasteiger partial charge in [-0.1, -0.05) is 12.1 Å². The Kier molecular flexibility index (Phi) is 5.18. The zero-order chi connectivity index (χ0) is 19.7. The van der Waals surface area contributed by atoms with E-state index in [0.717, 1.165) is 42.5 Å². The minimum Gasteiger partial charge on any atom is -0.506 e. The summed E-state index contributed by atoms with van der Waals surface area (Å²) in [5.74, 6) is -2.12. The van der Waals surface area contributed by atoms with Crippen LogP contribution in [-0.4, -0.2) is 41.9 Å². The molecule has 0 aliphatic rings. The van der Waals surface area contributed by atoms with E-state index in [2.05, 4.69) is 0 Å². The number of carbonyl (C=O) groups excluding carboxylic acids is 1. The fourth-order valence-electron chi connectivity index (χ4n) is 1.98. The van der Waals surface area contributed by atoms with Gasteiger partial charge in [-0.15, -0.1) is 0 Å². The minimum atomic E-state index is -4.73. The molecule has 0 aromatic heterocycles. The molecule has 0 saturated heterocycles. The van der Waals surface area contributed by atoms with Crippen LogP contribution in [0.5, 0.6) is 11.5 Å². The third-order valence-electron chi connectivity index (χ3n) is 3.21. The highest BCUT2D eigenvalue weighted by molar-refractivity contribution is 7.86. The summed E-state index contributed by atoms with van der Waals surface area (Å²) in [7, 11) is -9.40. The molecule has 0 aliphatic heterocycles. The summed E-state index contributed by atoms with van der Waals surface area (Å²) in [6, 6.07) is 6.02. The van der Waals surface area contributed by atoms with E-state index in [9.17, 15) is 31.8 Å². The van der Waals surface area contributed by atoms with Gasteiger partial charge in [0.15, 0.2) is 5.78 Å². The Morgan fingerprint density at radius 1 is 0.808 bits per heavy atom. The maximum absolute atomic E-state index is 12.1. The van der Waals surface area contributed by atoms with E-state index in [-0.39, 0.29) is 11.1 Å². The summed E-state index contributed by atoms with van der Waals surface area (Å²) in [5, 5.41) is 18.8. The van der Waals surface area contributed by atoms with Crippen LogP contribution >= 0.6 is 0 Å². The van der Waals surface area contributed by atoms with Crippen LogP contribution in [0.1, 0.15) is 15.9 Å². The van der Waals surface area contributed by atoms with E-state index in [1.54, 1.807) is 0 Å². The highest BCUT2D eigenvalue weighted by Gasteiger charge is 2.18. The first-order valence-electron chi connectivity index (χ1n) is 6.73. The molecule has 0 unspecified atom stereocenters. The first kappa shape index (κ1) is 19.6. The van der Waals surface area contributed by atoms with E-state index < -0.39 is 47.3 Å². The summed E-state index contributed by atoms with van der Waals surface area (Å²) in [6.07, 6.45) is 2.14. The van der Waals surface area contributed by atoms with Gasteiger partial charge in [-0.25, -0.2) is 0 Å². The number of hydrogen-bond acceptors (Lipinski definition) is 7. The number of ketones is 1. The van der Waals surface area contributed by atoms with Gasteiger partial charge in [0.1, 0.15) is 21.3 Å². The summed E-state index contributed by atoms with van der Waals surface area (Å²) in [5.41, 5.74) is -0.0157. The molecule has 0 atom stereocenters. The van der Waals surface area contributed by atoms with Crippen molar-refractivity contribution < 1.29 is 40.9 Å². The fourth-order valence-corrected chi connectivity index (χ4v) is 3.21. The van der Waals surface area contributed by atoms with Crippen LogP contribution < -0.4 is 0 Å². The first-order chi connectivity index (χ1) is 11.9. The number of aromatic hydroxyl groups is 2. The molecule has 0 aliphatic carbocycles. The molecule has 0 spiro atoms. The average molecular weight is 400 g/mol. The summed E-state index contributed by atoms with van der Waals surface area (Å²) in [4.78, 5) is 10.5. The number of phenols is 2. The molecule has 2 aromatic rings. The molecule has 0 bridgehead atoms. The third kappa shape index (κ3) is 4.46. The molecule has 0 saturated carbocycles. The number of rotatable bonds is 5. The second-order valence-corrected chi connectivity index (χ2v) is 7.84. The van der Waals surface area contributed by atoms with Crippen molar-refractivity contribution in [2.75, 3.05) is 0 Å². The largest absolute Gasteiger partial charge is 0.506 e. The normalized spacial score (nSPS) is 12.4. The quantitative estimate of drug-likeness (QED) is 0.330. The predicted molar refractivity (Wildman–Crippen MR) is 89.2 cm³/mol. The van der Waals surface area contributed by atoms with Crippen molar-refractivity contribution in [3.63, 3.8) is 0 Å². The van der Waals surface area contributed by atoms with E-state index in [4.69, 9.17) is 9.11 Å². The molecule has 11 heteroatoms. The molecule has 0 fully saturated rings. The van der Waals surface area contributed by atoms with Crippen molar-refractivity contribution in [1.82, 2.24) is 0 Å². The van der Waals surface area contributed by atoms with Gasteiger partial charge in [-0.2, -0.15) is 16.8 Å². The molecule has 0 radical (unpaired) electrons. The number of phenolic OH excluding ortho intramolecular Hbond substituents is 2. The van der Waals surface area contributed by atoms with Crippen molar-refractivity contribution in [2.24, 2.45) is 0 Å². The fraction of sp³-hybridized carbons (Fsp3) is 0. The molecular weight excluding hydrogens is 388 g/mol. The van der Waals surface area contributed by atoms with Crippen molar-refractivity contribution in [2.45, 2.75) is 9.79 Å². The Hall–Kier alpha value is -2.73. The van der Waals surface area contributed by atoms with Crippen LogP contribution in [0.4, 0.5) is 0 Å². The summed E-state index contributed by atoms with van der Waals surface area (Å²) >= 11 is 0. The zero-order valence-electron chi connectivity index (χ0n) is 12.8. The van der Waals surface area contributed by atoms with Gasteiger partial charge >= 0.3 is 0 Å². The van der Waals surface area contributed by atoms with Crippen molar-refractivity contribution >= 4 is 32.1 Å². The number of benzene rings is 2. The van der Waals surface area contributed by atoms with E-state index in [0.29, 0.717) is 0 Å². The van der Waals surface area contributed by atoms with Gasteiger partial charge in [-0.05, 0) is 42.0 Å². The van der Waals surface area contributed by atoms with Gasteiger partial charge in [0.2, 0.25) is 0 Å². The van der Waals surface area contributed by atoms with E-state index in [1.165, 1.54) is 6.07 Å². The lowest BCUT2D eigenvalue weighted by atomic mass is 10.1. The molecular formula is C15H12O9S2. The number of allylic oxidation sites excluding steroid dienone is 1. The summed E-state index contributed by atoms with van der Waals surface area (Å²) in [6.45, 7) is 0. The van der Waals surface area contributed by atoms with Gasteiger partial charge < -0.3 is 10.2 Å². The Balaban J connectivity index is 2.37. The average Bonchev–Trinajstić information content (AvgIpc) is 2.52. The van der Waals surface area contributed by atoms with E-state index >= 15 is 0 Å². The van der Waals surface area contributed by atoms with Crippen molar-refractivity contribution in [3.05, 3.63) is 53.6 Å². The topological polar surface area (TPSA) is 166 Å². The first-order valence-corrected chi connectivity index (χ1v) is 9.61. The molecule has 2 rings (SSSR count). The SMILES string of the molecule is O=C(/C=C/c1ccc(O)c(S(=O)(=O)O)c1)c1ccc(O)c(S(=O)(=O)O)c1. The molecule has 138 valence electrons. The van der Waals surface area contributed by atoms with Crippen LogP contribution in [0.25, 0.3) is 6.08 Å². The van der Waals surface area contributed by atoms with Crippen LogP contribution in [-0.2, 0) is 20.2 Å². The highest BCUT2D eigenvalue weighted by atomic mass is 32.2. The van der Waals surface area contributed by atoms with Crippen LogP contribution in [0.3, 0.4) is 0 Å². The maximum Gasteiger partial charge on any atom is 0.298 e. The van der Waals surface area contributed by atoms with Crippen molar-refractivity contribution in [1.29, 1.82) is 0 Å². The van der Waals surface area contributed by atoms with Crippen molar-refractivity contribution in [3.8, 4) is 11.5 Å². The number of carbonyl (C=O) groups is 1. The lowest BCUT2D eigenvalue weighted by Gasteiger charge is -2.04. The van der Waals surface area contributed by atoms with Crippen LogP contribution in [0, 0.1) is 0 Å². The molecule has 0 amide bonds. The lowest BCUT2D eigenvalue weighted by Crippen LogP contribution is -2.02. The van der Waals surface area contributed by atoms with Gasteiger partial charge in [-0.3, -0.25) is 13.9 Å². The zero-order valence-corrected chi connectivity index (χ0v) is 14.4. The highest BCUT2D eigenvalue weighted by Crippen LogP contribution is 2.25. The Bertz CT molecular complexity index is 1110. The molecule has 9 nitrogen and oxygen atoms in total. The van der Waals surface area contributed by atoms with Gasteiger partial charge in [0.05, 0.1) is 0 Å². The second kappa shape index (κ2) is 6.88. The number of hydrogen-bond donors (Lipinski definition) is 4. The second-order valence-electron chi connectivity index (χ2n) is 5.06. The molecule has 4 N–H and O–H groups in total. The monoisotopic (exact) mass is 400 g/mol. The maximum atomic E-state index is 12.1. The molecule has 26 heavy (non-hydrogen) atoms. The van der Waals surface area contributed by atoms with Crippen LogP contribution in [0.2, 0.25) is 0 Å². The van der Waals surface area contributed by atoms with E-state index in [1.807, 2.05) is 0 Å². The van der Waals surface area contributed by atoms with Crippen LogP contribution in [0.15, 0.2) is 52.3 Å². The molecule has 2 aromatic carbocycles. The Morgan fingerprint density at radius 3 is 1.85 bits per heavy atom. The predicted octanol–water partition coefficient (Wildman–Crippen LogP) is 1.49. The Morgan fingerprint density at radius 2 is 1.31 bits per heavy atom. The summed E-state index contributed by atoms with van der Waals surface area (Å²) < 4.78 is 62.5. The minimum absolute atomic E-state index is 0.151. The Labute approximate surface area is 148 Å². The third-order valence-corrected chi connectivity index (χ3v) is 4.98. The lowest BCUT2D eigenvalue weighted by molar-refractivity contribution is 0.104. The van der Waals surface area contributed by atoms with Gasteiger partial charge in [0.25, 0.3) is 20.2 Å². The standard InChI is InChI=1S/C15H12O9S2/c16-11(10-3-6-13(18)15(8-10)26(22,23)24)4-1-9-2-5-12(17)14(7-9)25(19,20)21/h1-8,17-18H,(H,19,20,21)(H,22,23,24)/b4-1+. The smallest absolute Gasteiger partial charge is 0.298 e.